The zero-order valence-electron chi connectivity index (χ0n) is 13.5. The van der Waals surface area contributed by atoms with E-state index in [0.29, 0.717) is 6.61 Å². The SMILES string of the molecule is CCCOc1ccc2[nH]c(C)c(C[NH+]3CCCC3)c(=O)c2c1. The van der Waals surface area contributed by atoms with Crippen molar-refractivity contribution in [1.82, 2.24) is 4.98 Å². The Labute approximate surface area is 131 Å². The molecule has 2 aromatic rings. The molecule has 0 radical (unpaired) electrons. The standard InChI is InChI=1S/C18H24N2O2/c1-3-10-22-14-6-7-17-15(11-14)18(21)16(13(2)19-17)12-20-8-4-5-9-20/h6-7,11H,3-5,8-10,12H2,1-2H3,(H,19,21)/p+1. The van der Waals surface area contributed by atoms with Crippen LogP contribution in [0.15, 0.2) is 23.0 Å². The molecule has 1 fully saturated rings. The van der Waals surface area contributed by atoms with Gasteiger partial charge in [0.25, 0.3) is 0 Å². The second-order valence-corrected chi connectivity index (χ2v) is 6.25. The van der Waals surface area contributed by atoms with Crippen LogP contribution in [-0.2, 0) is 6.54 Å². The number of pyridine rings is 1. The summed E-state index contributed by atoms with van der Waals surface area (Å²) in [6.07, 6.45) is 3.51. The summed E-state index contributed by atoms with van der Waals surface area (Å²) in [6, 6.07) is 5.76. The molecular formula is C18H25N2O2+. The van der Waals surface area contributed by atoms with Crippen LogP contribution in [0.2, 0.25) is 0 Å². The smallest absolute Gasteiger partial charge is 0.198 e. The molecule has 118 valence electrons. The lowest BCUT2D eigenvalue weighted by molar-refractivity contribution is -0.901. The third kappa shape index (κ3) is 3.02. The minimum atomic E-state index is 0.160. The van der Waals surface area contributed by atoms with Crippen molar-refractivity contribution in [3.63, 3.8) is 0 Å². The van der Waals surface area contributed by atoms with Crippen LogP contribution >= 0.6 is 0 Å². The summed E-state index contributed by atoms with van der Waals surface area (Å²) >= 11 is 0. The largest absolute Gasteiger partial charge is 0.494 e. The van der Waals surface area contributed by atoms with E-state index in [1.54, 1.807) is 0 Å². The molecule has 22 heavy (non-hydrogen) atoms. The van der Waals surface area contributed by atoms with Crippen molar-refractivity contribution in [2.45, 2.75) is 39.7 Å². The summed E-state index contributed by atoms with van der Waals surface area (Å²) in [5.41, 5.74) is 2.98. The van der Waals surface area contributed by atoms with Crippen LogP contribution in [-0.4, -0.2) is 24.7 Å². The van der Waals surface area contributed by atoms with Crippen molar-refractivity contribution >= 4 is 10.9 Å². The van der Waals surface area contributed by atoms with Gasteiger partial charge in [0.1, 0.15) is 12.3 Å². The van der Waals surface area contributed by atoms with Crippen LogP contribution in [0.1, 0.15) is 37.4 Å². The number of likely N-dealkylation sites (tertiary alicyclic amines) is 1. The maximum Gasteiger partial charge on any atom is 0.198 e. The van der Waals surface area contributed by atoms with E-state index in [1.807, 2.05) is 25.1 Å². The van der Waals surface area contributed by atoms with Gasteiger partial charge in [-0.2, -0.15) is 0 Å². The van der Waals surface area contributed by atoms with E-state index >= 15 is 0 Å². The Balaban J connectivity index is 1.98. The molecule has 0 aliphatic carbocycles. The second kappa shape index (κ2) is 6.53. The minimum Gasteiger partial charge on any atom is -0.494 e. The zero-order valence-corrected chi connectivity index (χ0v) is 13.5. The van der Waals surface area contributed by atoms with Crippen molar-refractivity contribution in [2.75, 3.05) is 19.7 Å². The summed E-state index contributed by atoms with van der Waals surface area (Å²) in [6.45, 7) is 7.95. The predicted molar refractivity (Wildman–Crippen MR) is 88.7 cm³/mol. The Morgan fingerprint density at radius 2 is 2.05 bits per heavy atom. The maximum absolute atomic E-state index is 12.9. The Bertz CT molecular complexity index is 715. The molecule has 4 nitrogen and oxygen atoms in total. The Morgan fingerprint density at radius 1 is 1.27 bits per heavy atom. The molecule has 0 unspecified atom stereocenters. The third-order valence-corrected chi connectivity index (χ3v) is 4.49. The molecule has 4 heteroatoms. The molecule has 1 aliphatic heterocycles. The molecule has 2 N–H and O–H groups in total. The van der Waals surface area contributed by atoms with E-state index in [1.165, 1.54) is 30.8 Å². The van der Waals surface area contributed by atoms with Crippen LogP contribution in [0.3, 0.4) is 0 Å². The minimum absolute atomic E-state index is 0.160. The zero-order chi connectivity index (χ0) is 15.5. The average Bonchev–Trinajstić information content (AvgIpc) is 3.03. The van der Waals surface area contributed by atoms with Gasteiger partial charge in [-0.15, -0.1) is 0 Å². The molecule has 1 saturated heterocycles. The quantitative estimate of drug-likeness (QED) is 0.885. The summed E-state index contributed by atoms with van der Waals surface area (Å²) in [5.74, 6) is 0.781. The molecule has 1 aromatic carbocycles. The average molecular weight is 301 g/mol. The first-order chi connectivity index (χ1) is 10.7. The van der Waals surface area contributed by atoms with Gasteiger partial charge in [0.2, 0.25) is 0 Å². The number of rotatable bonds is 5. The lowest BCUT2D eigenvalue weighted by Crippen LogP contribution is -3.08. The lowest BCUT2D eigenvalue weighted by Gasteiger charge is -2.14. The Hall–Kier alpha value is -1.81. The summed E-state index contributed by atoms with van der Waals surface area (Å²) in [4.78, 5) is 17.8. The van der Waals surface area contributed by atoms with Crippen molar-refractivity contribution < 1.29 is 9.64 Å². The molecule has 2 heterocycles. The highest BCUT2D eigenvalue weighted by atomic mass is 16.5. The second-order valence-electron chi connectivity index (χ2n) is 6.25. The molecule has 3 rings (SSSR count). The third-order valence-electron chi connectivity index (χ3n) is 4.49. The molecule has 0 saturated carbocycles. The fourth-order valence-electron chi connectivity index (χ4n) is 3.25. The molecule has 0 atom stereocenters. The molecule has 0 spiro atoms. The van der Waals surface area contributed by atoms with Gasteiger partial charge in [0.15, 0.2) is 5.43 Å². The number of aromatic nitrogens is 1. The monoisotopic (exact) mass is 301 g/mol. The van der Waals surface area contributed by atoms with Crippen LogP contribution in [0, 0.1) is 6.92 Å². The number of aryl methyl sites for hydroxylation is 1. The number of ether oxygens (including phenoxy) is 1. The molecule has 0 amide bonds. The van der Waals surface area contributed by atoms with Crippen molar-refractivity contribution in [3.05, 3.63) is 39.7 Å². The number of hydrogen-bond acceptors (Lipinski definition) is 2. The topological polar surface area (TPSA) is 46.5 Å². The lowest BCUT2D eigenvalue weighted by atomic mass is 10.1. The van der Waals surface area contributed by atoms with Crippen molar-refractivity contribution in [2.24, 2.45) is 0 Å². The fraction of sp³-hybridized carbons (Fsp3) is 0.500. The number of quaternary nitrogens is 1. The van der Waals surface area contributed by atoms with E-state index in [9.17, 15) is 4.79 Å². The number of hydrogen-bond donors (Lipinski definition) is 2. The van der Waals surface area contributed by atoms with Gasteiger partial charge in [-0.1, -0.05) is 6.92 Å². The van der Waals surface area contributed by atoms with Crippen molar-refractivity contribution in [1.29, 1.82) is 0 Å². The van der Waals surface area contributed by atoms with Gasteiger partial charge in [-0.25, -0.2) is 0 Å². The van der Waals surface area contributed by atoms with Crippen LogP contribution < -0.4 is 15.1 Å². The van der Waals surface area contributed by atoms with E-state index in [4.69, 9.17) is 4.74 Å². The number of nitrogens with one attached hydrogen (secondary N) is 2. The first kappa shape index (κ1) is 15.1. The predicted octanol–water partition coefficient (Wildman–Crippen LogP) is 1.80. The van der Waals surface area contributed by atoms with Gasteiger partial charge in [0.05, 0.1) is 25.3 Å². The van der Waals surface area contributed by atoms with E-state index in [0.717, 1.165) is 40.9 Å². The normalized spacial score (nSPS) is 15.5. The maximum atomic E-state index is 12.9. The number of H-pyrrole nitrogens is 1. The molecule has 0 bridgehead atoms. The van der Waals surface area contributed by atoms with E-state index in [-0.39, 0.29) is 5.43 Å². The highest BCUT2D eigenvalue weighted by Crippen LogP contribution is 2.18. The fourth-order valence-corrected chi connectivity index (χ4v) is 3.25. The first-order valence-electron chi connectivity index (χ1n) is 8.31. The summed E-state index contributed by atoms with van der Waals surface area (Å²) in [5, 5.41) is 0.743. The van der Waals surface area contributed by atoms with Gasteiger partial charge >= 0.3 is 0 Å². The van der Waals surface area contributed by atoms with Crippen LogP contribution in [0.4, 0.5) is 0 Å². The summed E-state index contributed by atoms with van der Waals surface area (Å²) in [7, 11) is 0. The van der Waals surface area contributed by atoms with E-state index < -0.39 is 0 Å². The summed E-state index contributed by atoms with van der Waals surface area (Å²) < 4.78 is 5.66. The molecule has 1 aliphatic rings. The highest BCUT2D eigenvalue weighted by Gasteiger charge is 2.19. The van der Waals surface area contributed by atoms with E-state index in [2.05, 4.69) is 11.9 Å². The first-order valence-corrected chi connectivity index (χ1v) is 8.31. The van der Waals surface area contributed by atoms with Gasteiger partial charge in [-0.3, -0.25) is 4.79 Å². The molecule has 1 aromatic heterocycles. The number of aromatic amines is 1. The van der Waals surface area contributed by atoms with Gasteiger partial charge < -0.3 is 14.6 Å². The molecular weight excluding hydrogens is 276 g/mol. The Kier molecular flexibility index (Phi) is 4.48. The number of benzene rings is 1. The highest BCUT2D eigenvalue weighted by molar-refractivity contribution is 5.81. The van der Waals surface area contributed by atoms with Crippen LogP contribution in [0.25, 0.3) is 10.9 Å². The van der Waals surface area contributed by atoms with Crippen LogP contribution in [0.5, 0.6) is 5.75 Å². The van der Waals surface area contributed by atoms with Gasteiger partial charge in [-0.05, 0) is 31.5 Å². The van der Waals surface area contributed by atoms with Gasteiger partial charge in [0, 0.05) is 29.4 Å². The van der Waals surface area contributed by atoms with Crippen molar-refractivity contribution in [3.8, 4) is 5.75 Å². The Morgan fingerprint density at radius 3 is 2.77 bits per heavy atom. The number of fused-ring (bicyclic) bond motifs is 1.